The van der Waals surface area contributed by atoms with E-state index in [-0.39, 0.29) is 0 Å². The molecule has 0 bridgehead atoms. The zero-order valence-corrected chi connectivity index (χ0v) is 8.22. The number of rotatable bonds is 1. The van der Waals surface area contributed by atoms with Crippen LogP contribution < -0.4 is 4.40 Å². The molecule has 15 heavy (non-hydrogen) atoms. The molecule has 0 atom stereocenters. The van der Waals surface area contributed by atoms with E-state index in [2.05, 4.69) is 45.9 Å². The Morgan fingerprint density at radius 1 is 0.867 bits per heavy atom. The molecule has 2 heterocycles. The first-order valence-corrected chi connectivity index (χ1v) is 4.98. The van der Waals surface area contributed by atoms with Gasteiger partial charge in [-0.15, -0.1) is 0 Å². The third-order valence-electron chi connectivity index (χ3n) is 2.55. The van der Waals surface area contributed by atoms with Crippen LogP contribution in [0.3, 0.4) is 0 Å². The summed E-state index contributed by atoms with van der Waals surface area (Å²) in [5.41, 5.74) is 3.52. The van der Waals surface area contributed by atoms with E-state index in [9.17, 15) is 0 Å². The van der Waals surface area contributed by atoms with Gasteiger partial charge in [0.1, 0.15) is 6.20 Å². The maximum absolute atomic E-state index is 3.25. The highest BCUT2D eigenvalue weighted by Crippen LogP contribution is 2.14. The number of imidazole rings is 1. The number of H-pyrrole nitrogens is 1. The quantitative estimate of drug-likeness (QED) is 0.575. The molecule has 0 saturated carbocycles. The van der Waals surface area contributed by atoms with Gasteiger partial charge >= 0.3 is 0 Å². The fourth-order valence-electron chi connectivity index (χ4n) is 1.81. The zero-order valence-electron chi connectivity index (χ0n) is 8.22. The van der Waals surface area contributed by atoms with Crippen LogP contribution in [0.4, 0.5) is 0 Å². The smallest absolute Gasteiger partial charge is 0.243 e. The maximum atomic E-state index is 3.25. The Morgan fingerprint density at radius 3 is 2.53 bits per heavy atom. The number of aromatic nitrogens is 2. The van der Waals surface area contributed by atoms with Gasteiger partial charge in [-0.2, -0.15) is 4.40 Å². The first kappa shape index (κ1) is 8.24. The predicted molar refractivity (Wildman–Crippen MR) is 59.4 cm³/mol. The van der Waals surface area contributed by atoms with E-state index >= 15 is 0 Å². The molecule has 2 nitrogen and oxygen atoms in total. The van der Waals surface area contributed by atoms with E-state index in [0.717, 1.165) is 5.65 Å². The second-order valence-corrected chi connectivity index (χ2v) is 3.50. The molecule has 0 aliphatic rings. The number of hydrogen-bond donors (Lipinski definition) is 1. The minimum atomic E-state index is 1.11. The van der Waals surface area contributed by atoms with Crippen molar-refractivity contribution in [2.45, 2.75) is 0 Å². The minimum absolute atomic E-state index is 1.11. The first-order chi connectivity index (χ1) is 7.45. The molecule has 72 valence electrons. The average Bonchev–Trinajstić information content (AvgIpc) is 2.74. The number of benzene rings is 1. The highest BCUT2D eigenvalue weighted by Gasteiger charge is 2.10. The van der Waals surface area contributed by atoms with Crippen molar-refractivity contribution in [1.82, 2.24) is 4.98 Å². The molecule has 0 saturated heterocycles. The van der Waals surface area contributed by atoms with E-state index < -0.39 is 0 Å². The third kappa shape index (κ3) is 1.31. The molecule has 0 unspecified atom stereocenters. The van der Waals surface area contributed by atoms with Crippen LogP contribution in [0.2, 0.25) is 0 Å². The number of pyridine rings is 1. The summed E-state index contributed by atoms with van der Waals surface area (Å²) >= 11 is 0. The maximum Gasteiger partial charge on any atom is 0.284 e. The number of hydrogen-bond acceptors (Lipinski definition) is 0. The lowest BCUT2D eigenvalue weighted by Crippen LogP contribution is -2.20. The van der Waals surface area contributed by atoms with Crippen LogP contribution in [0.15, 0.2) is 60.9 Å². The molecule has 0 fully saturated rings. The SMILES string of the molecule is c1ccc(-c2c[nH]c3cccc[n+]23)cc1. The molecule has 0 radical (unpaired) electrons. The van der Waals surface area contributed by atoms with Crippen molar-refractivity contribution in [2.75, 3.05) is 0 Å². The zero-order chi connectivity index (χ0) is 10.1. The fourth-order valence-corrected chi connectivity index (χ4v) is 1.81. The van der Waals surface area contributed by atoms with E-state index in [0.29, 0.717) is 0 Å². The van der Waals surface area contributed by atoms with Gasteiger partial charge < -0.3 is 0 Å². The molecule has 2 aromatic heterocycles. The molecule has 0 aliphatic carbocycles. The molecule has 0 spiro atoms. The van der Waals surface area contributed by atoms with Gasteiger partial charge in [0.15, 0.2) is 5.69 Å². The molecular formula is C13H11N2+. The van der Waals surface area contributed by atoms with Gasteiger partial charge in [-0.3, -0.25) is 0 Å². The Labute approximate surface area is 87.8 Å². The monoisotopic (exact) mass is 195 g/mol. The summed E-state index contributed by atoms with van der Waals surface area (Å²) in [6.45, 7) is 0. The summed E-state index contributed by atoms with van der Waals surface area (Å²) in [6, 6.07) is 16.5. The summed E-state index contributed by atoms with van der Waals surface area (Å²) in [4.78, 5) is 3.25. The summed E-state index contributed by atoms with van der Waals surface area (Å²) in [5.74, 6) is 0. The van der Waals surface area contributed by atoms with Crippen molar-refractivity contribution in [1.29, 1.82) is 0 Å². The van der Waals surface area contributed by atoms with Crippen LogP contribution in [0.5, 0.6) is 0 Å². The van der Waals surface area contributed by atoms with Crippen molar-refractivity contribution in [3.63, 3.8) is 0 Å². The minimum Gasteiger partial charge on any atom is -0.243 e. The van der Waals surface area contributed by atoms with Gasteiger partial charge in [0, 0.05) is 11.6 Å². The molecule has 1 N–H and O–H groups in total. The molecule has 0 amide bonds. The van der Waals surface area contributed by atoms with Gasteiger partial charge in [0.05, 0.1) is 6.20 Å². The first-order valence-electron chi connectivity index (χ1n) is 4.98. The molecule has 3 aromatic rings. The van der Waals surface area contributed by atoms with Crippen LogP contribution in [0.1, 0.15) is 0 Å². The van der Waals surface area contributed by atoms with Crippen LogP contribution in [-0.4, -0.2) is 4.98 Å². The van der Waals surface area contributed by atoms with E-state index in [4.69, 9.17) is 0 Å². The van der Waals surface area contributed by atoms with E-state index in [1.165, 1.54) is 11.3 Å². The topological polar surface area (TPSA) is 19.9 Å². The number of fused-ring (bicyclic) bond motifs is 1. The van der Waals surface area contributed by atoms with Crippen molar-refractivity contribution in [3.05, 3.63) is 60.9 Å². The van der Waals surface area contributed by atoms with Gasteiger partial charge in [0.25, 0.3) is 5.65 Å². The molecule has 1 aromatic carbocycles. The normalized spacial score (nSPS) is 10.7. The molecule has 2 heteroatoms. The van der Waals surface area contributed by atoms with E-state index in [1.807, 2.05) is 24.4 Å². The highest BCUT2D eigenvalue weighted by atomic mass is 15.0. The van der Waals surface area contributed by atoms with Crippen molar-refractivity contribution in [3.8, 4) is 11.3 Å². The second kappa shape index (κ2) is 3.24. The molecular weight excluding hydrogens is 184 g/mol. The number of nitrogens with zero attached hydrogens (tertiary/aromatic N) is 1. The predicted octanol–water partition coefficient (Wildman–Crippen LogP) is 2.42. The highest BCUT2D eigenvalue weighted by molar-refractivity contribution is 5.56. The second-order valence-electron chi connectivity index (χ2n) is 3.50. The van der Waals surface area contributed by atoms with Crippen LogP contribution >= 0.6 is 0 Å². The van der Waals surface area contributed by atoms with Crippen molar-refractivity contribution >= 4 is 5.65 Å². The van der Waals surface area contributed by atoms with Gasteiger partial charge in [-0.25, -0.2) is 4.98 Å². The van der Waals surface area contributed by atoms with Gasteiger partial charge in [-0.05, 0) is 6.07 Å². The van der Waals surface area contributed by atoms with E-state index in [1.54, 1.807) is 0 Å². The van der Waals surface area contributed by atoms with Gasteiger partial charge in [-0.1, -0.05) is 36.4 Å². The molecule has 3 rings (SSSR count). The molecule has 0 aliphatic heterocycles. The Bertz CT molecular complexity index is 582. The third-order valence-corrected chi connectivity index (χ3v) is 2.55. The Morgan fingerprint density at radius 2 is 1.67 bits per heavy atom. The van der Waals surface area contributed by atoms with Crippen LogP contribution in [0, 0.1) is 0 Å². The van der Waals surface area contributed by atoms with Gasteiger partial charge in [0.2, 0.25) is 0 Å². The largest absolute Gasteiger partial charge is 0.284 e. The number of aromatic amines is 1. The number of nitrogens with one attached hydrogen (secondary N) is 1. The summed E-state index contributed by atoms with van der Waals surface area (Å²) in [5, 5.41) is 0. The fraction of sp³-hybridized carbons (Fsp3) is 0. The van der Waals surface area contributed by atoms with Crippen molar-refractivity contribution < 1.29 is 4.40 Å². The lowest BCUT2D eigenvalue weighted by atomic mass is 10.2. The lowest BCUT2D eigenvalue weighted by molar-refractivity contribution is -0.497. The summed E-state index contributed by atoms with van der Waals surface area (Å²) < 4.78 is 2.15. The summed E-state index contributed by atoms with van der Waals surface area (Å²) in [7, 11) is 0. The Balaban J connectivity index is 2.28. The van der Waals surface area contributed by atoms with Crippen LogP contribution in [0.25, 0.3) is 16.9 Å². The van der Waals surface area contributed by atoms with Crippen LogP contribution in [-0.2, 0) is 0 Å². The average molecular weight is 195 g/mol. The van der Waals surface area contributed by atoms with Crippen molar-refractivity contribution in [2.24, 2.45) is 0 Å². The standard InChI is InChI=1S/C13H10N2/c1-2-6-11(7-3-1)12-10-14-13-8-4-5-9-15(12)13/h1-10H/p+1. The lowest BCUT2D eigenvalue weighted by Gasteiger charge is -1.94. The Kier molecular flexibility index (Phi) is 1.78. The summed E-state index contributed by atoms with van der Waals surface area (Å²) in [6.07, 6.45) is 4.10. The Hall–Kier alpha value is -2.09.